The van der Waals surface area contributed by atoms with Crippen molar-refractivity contribution in [1.82, 2.24) is 4.98 Å². The van der Waals surface area contributed by atoms with Crippen molar-refractivity contribution < 1.29 is 23.1 Å². The number of halogens is 1. The van der Waals surface area contributed by atoms with Crippen LogP contribution in [0.1, 0.15) is 26.6 Å². The third-order valence-corrected chi connectivity index (χ3v) is 5.65. The number of methoxy groups -OCH3 is 1. The monoisotopic (exact) mass is 451 g/mol. The molecule has 6 nitrogen and oxygen atoms in total. The number of nitrogens with zero attached hydrogens (tertiary/aromatic N) is 1. The number of thiazole rings is 1. The first-order chi connectivity index (χ1) is 15.5. The van der Waals surface area contributed by atoms with E-state index in [9.17, 15) is 14.0 Å². The van der Waals surface area contributed by atoms with Crippen molar-refractivity contribution in [3.63, 3.8) is 0 Å². The maximum atomic E-state index is 13.2. The molecule has 2 heterocycles. The highest BCUT2D eigenvalue weighted by Crippen LogP contribution is 2.28. The second-order valence-electron chi connectivity index (χ2n) is 6.84. The third kappa shape index (κ3) is 4.76. The highest BCUT2D eigenvalue weighted by atomic mass is 32.1. The maximum Gasteiger partial charge on any atom is 0.378 e. The molecular weight excluding hydrogens is 433 g/mol. The summed E-state index contributed by atoms with van der Waals surface area (Å²) >= 11 is 1.31. The molecular formula is C24H18FNO5S. The van der Waals surface area contributed by atoms with Gasteiger partial charge in [-0.2, -0.15) is 0 Å². The van der Waals surface area contributed by atoms with Gasteiger partial charge in [0.2, 0.25) is 11.2 Å². The molecule has 0 saturated heterocycles. The van der Waals surface area contributed by atoms with E-state index in [4.69, 9.17) is 13.9 Å². The van der Waals surface area contributed by atoms with Crippen LogP contribution in [-0.2, 0) is 17.8 Å². The molecule has 0 bridgehead atoms. The van der Waals surface area contributed by atoms with Crippen molar-refractivity contribution >= 4 is 17.3 Å². The summed E-state index contributed by atoms with van der Waals surface area (Å²) in [5, 5.41) is 0.428. The zero-order valence-corrected chi connectivity index (χ0v) is 17.9. The first-order valence-corrected chi connectivity index (χ1v) is 10.5. The minimum absolute atomic E-state index is 0.0761. The van der Waals surface area contributed by atoms with E-state index in [1.54, 1.807) is 18.3 Å². The quantitative estimate of drug-likeness (QED) is 0.374. The molecule has 4 aromatic rings. The van der Waals surface area contributed by atoms with Crippen LogP contribution in [-0.4, -0.2) is 18.1 Å². The number of carbonyl (C=O) groups is 1. The van der Waals surface area contributed by atoms with Crippen molar-refractivity contribution in [3.05, 3.63) is 105 Å². The van der Waals surface area contributed by atoms with Gasteiger partial charge in [0.15, 0.2) is 0 Å². The van der Waals surface area contributed by atoms with E-state index in [2.05, 4.69) is 4.98 Å². The van der Waals surface area contributed by atoms with E-state index in [-0.39, 0.29) is 29.5 Å². The van der Waals surface area contributed by atoms with Gasteiger partial charge in [-0.3, -0.25) is 4.79 Å². The normalized spacial score (nSPS) is 10.7. The summed E-state index contributed by atoms with van der Waals surface area (Å²) in [5.41, 5.74) is 1.40. The number of aromatic nitrogens is 1. The Morgan fingerprint density at radius 3 is 2.56 bits per heavy atom. The third-order valence-electron chi connectivity index (χ3n) is 4.62. The van der Waals surface area contributed by atoms with Gasteiger partial charge in [0.1, 0.15) is 23.7 Å². The number of hydrogen-bond donors (Lipinski definition) is 0. The van der Waals surface area contributed by atoms with Crippen LogP contribution in [0.3, 0.4) is 0 Å². The number of carbonyl (C=O) groups excluding carboxylic acids is 1. The van der Waals surface area contributed by atoms with Gasteiger partial charge in [-0.1, -0.05) is 42.5 Å². The predicted octanol–water partition coefficient (Wildman–Crippen LogP) is 4.86. The van der Waals surface area contributed by atoms with Gasteiger partial charge < -0.3 is 13.9 Å². The molecule has 0 spiro atoms. The van der Waals surface area contributed by atoms with E-state index in [0.717, 1.165) is 16.0 Å². The van der Waals surface area contributed by atoms with Gasteiger partial charge in [0.25, 0.3) is 5.76 Å². The molecule has 0 aliphatic carbocycles. The minimum Gasteiger partial charge on any atom is -0.481 e. The zero-order valence-electron chi connectivity index (χ0n) is 17.0. The minimum atomic E-state index is -0.812. The Kier molecular flexibility index (Phi) is 6.42. The van der Waals surface area contributed by atoms with Gasteiger partial charge in [-0.05, 0) is 23.3 Å². The summed E-state index contributed by atoms with van der Waals surface area (Å²) < 4.78 is 29.0. The first kappa shape index (κ1) is 21.5. The molecule has 8 heteroatoms. The second-order valence-corrected chi connectivity index (χ2v) is 7.95. The molecule has 0 aliphatic rings. The first-order valence-electron chi connectivity index (χ1n) is 9.65. The van der Waals surface area contributed by atoms with Crippen molar-refractivity contribution in [2.24, 2.45) is 0 Å². The summed E-state index contributed by atoms with van der Waals surface area (Å²) in [6.45, 7) is 0.0761. The zero-order chi connectivity index (χ0) is 22.5. The second kappa shape index (κ2) is 9.57. The molecule has 0 fully saturated rings. The van der Waals surface area contributed by atoms with Gasteiger partial charge in [0, 0.05) is 17.5 Å². The van der Waals surface area contributed by atoms with Gasteiger partial charge in [0.05, 0.1) is 12.7 Å². The van der Waals surface area contributed by atoms with Crippen molar-refractivity contribution in [1.29, 1.82) is 0 Å². The van der Waals surface area contributed by atoms with Crippen LogP contribution < -0.4 is 10.2 Å². The SMILES string of the molecule is COC(=O)c1occ(-c2ncc(Cc3ccc(F)cc3)s2)c(=O)c1OCc1ccccc1. The molecule has 2 aromatic carbocycles. The Balaban J connectivity index is 1.64. The lowest BCUT2D eigenvalue weighted by Gasteiger charge is -2.09. The highest BCUT2D eigenvalue weighted by molar-refractivity contribution is 7.15. The summed E-state index contributed by atoms with van der Waals surface area (Å²) in [6.07, 6.45) is 3.38. The van der Waals surface area contributed by atoms with Crippen molar-refractivity contribution in [2.75, 3.05) is 7.11 Å². The molecule has 2 aromatic heterocycles. The molecule has 0 unspecified atom stereocenters. The summed E-state index contributed by atoms with van der Waals surface area (Å²) in [4.78, 5) is 30.5. The molecule has 0 aliphatic heterocycles. The Hall–Kier alpha value is -3.78. The summed E-state index contributed by atoms with van der Waals surface area (Å²) in [6, 6.07) is 15.4. The molecule has 0 radical (unpaired) electrons. The van der Waals surface area contributed by atoms with E-state index >= 15 is 0 Å². The fourth-order valence-electron chi connectivity index (χ4n) is 3.01. The van der Waals surface area contributed by atoms with Crippen LogP contribution in [0.4, 0.5) is 4.39 Å². The van der Waals surface area contributed by atoms with E-state index < -0.39 is 11.4 Å². The predicted molar refractivity (Wildman–Crippen MR) is 117 cm³/mol. The Morgan fingerprint density at radius 1 is 1.09 bits per heavy atom. The lowest BCUT2D eigenvalue weighted by Crippen LogP contribution is -2.16. The van der Waals surface area contributed by atoms with Crippen LogP contribution >= 0.6 is 11.3 Å². The van der Waals surface area contributed by atoms with E-state index in [0.29, 0.717) is 11.4 Å². The molecule has 4 rings (SSSR count). The van der Waals surface area contributed by atoms with Gasteiger partial charge in [-0.15, -0.1) is 11.3 Å². The van der Waals surface area contributed by atoms with Gasteiger partial charge in [-0.25, -0.2) is 14.2 Å². The van der Waals surface area contributed by atoms with Crippen LogP contribution in [0.2, 0.25) is 0 Å². The lowest BCUT2D eigenvalue weighted by molar-refractivity contribution is 0.0553. The molecule has 0 atom stereocenters. The Morgan fingerprint density at radius 2 is 1.84 bits per heavy atom. The highest BCUT2D eigenvalue weighted by Gasteiger charge is 2.24. The standard InChI is InChI=1S/C24H18FNO5S/c1-29-24(28)22-21(30-13-16-5-3-2-4-6-16)20(27)19(14-31-22)23-26-12-18(32-23)11-15-7-9-17(25)10-8-15/h2-10,12,14H,11,13H2,1H3. The smallest absolute Gasteiger partial charge is 0.378 e. The number of benzene rings is 2. The van der Waals surface area contributed by atoms with Crippen LogP contribution in [0.5, 0.6) is 5.75 Å². The van der Waals surface area contributed by atoms with E-state index in [1.165, 1.54) is 36.8 Å². The molecule has 0 amide bonds. The number of ether oxygens (including phenoxy) is 2. The number of hydrogen-bond acceptors (Lipinski definition) is 7. The average molecular weight is 451 g/mol. The van der Waals surface area contributed by atoms with E-state index in [1.807, 2.05) is 30.3 Å². The average Bonchev–Trinajstić information content (AvgIpc) is 3.28. The molecule has 162 valence electrons. The number of esters is 1. The maximum absolute atomic E-state index is 13.2. The van der Waals surface area contributed by atoms with Crippen molar-refractivity contribution in [3.8, 4) is 16.3 Å². The molecule has 32 heavy (non-hydrogen) atoms. The van der Waals surface area contributed by atoms with Gasteiger partial charge >= 0.3 is 5.97 Å². The number of rotatable bonds is 7. The Labute approximate surface area is 186 Å². The van der Waals surface area contributed by atoms with Crippen LogP contribution in [0.15, 0.2) is 76.3 Å². The lowest BCUT2D eigenvalue weighted by atomic mass is 10.1. The fraction of sp³-hybridized carbons (Fsp3) is 0.125. The fourth-order valence-corrected chi connectivity index (χ4v) is 3.96. The summed E-state index contributed by atoms with van der Waals surface area (Å²) in [7, 11) is 1.19. The molecule has 0 N–H and O–H groups in total. The van der Waals surface area contributed by atoms with Crippen LogP contribution in [0.25, 0.3) is 10.6 Å². The Bertz CT molecular complexity index is 1280. The van der Waals surface area contributed by atoms with Crippen molar-refractivity contribution in [2.45, 2.75) is 13.0 Å². The molecule has 0 saturated carbocycles. The topological polar surface area (TPSA) is 78.6 Å². The van der Waals surface area contributed by atoms with Crippen LogP contribution in [0, 0.1) is 5.82 Å². The summed E-state index contributed by atoms with van der Waals surface area (Å²) in [5.74, 6) is -1.65. The largest absolute Gasteiger partial charge is 0.481 e.